The second-order valence-electron chi connectivity index (χ2n) is 4.62. The van der Waals surface area contributed by atoms with Crippen molar-refractivity contribution in [3.63, 3.8) is 0 Å². The third-order valence-corrected chi connectivity index (χ3v) is 3.74. The molecule has 1 amide bonds. The Labute approximate surface area is 119 Å². The summed E-state index contributed by atoms with van der Waals surface area (Å²) in [5.74, 6) is 0.0814. The van der Waals surface area contributed by atoms with Crippen molar-refractivity contribution in [3.8, 4) is 0 Å². The Kier molecular flexibility index (Phi) is 5.82. The first-order valence-corrected chi connectivity index (χ1v) is 7.00. The summed E-state index contributed by atoms with van der Waals surface area (Å²) in [5.41, 5.74) is 1.76. The summed E-state index contributed by atoms with van der Waals surface area (Å²) in [6.07, 6.45) is 0. The molecule has 1 aromatic heterocycles. The average Bonchev–Trinajstić information content (AvgIpc) is 2.69. The van der Waals surface area contributed by atoms with Crippen molar-refractivity contribution in [1.29, 1.82) is 0 Å². The number of nitrogens with zero attached hydrogens (tertiary/aromatic N) is 3. The molecule has 0 aliphatic rings. The highest BCUT2D eigenvalue weighted by Gasteiger charge is 2.18. The van der Waals surface area contributed by atoms with Gasteiger partial charge >= 0.3 is 0 Å². The summed E-state index contributed by atoms with van der Waals surface area (Å²) in [5, 5.41) is 8.24. The maximum atomic E-state index is 11.9. The molecule has 1 N–H and O–H groups in total. The lowest BCUT2D eigenvalue weighted by atomic mass is 10.2. The third-order valence-electron chi connectivity index (χ3n) is 3.25. The predicted octanol–water partition coefficient (Wildman–Crippen LogP) is 1.82. The lowest BCUT2D eigenvalue weighted by Crippen LogP contribution is -2.43. The van der Waals surface area contributed by atoms with Crippen LogP contribution in [0.25, 0.3) is 0 Å². The summed E-state index contributed by atoms with van der Waals surface area (Å²) >= 11 is 6.23. The molecule has 1 heterocycles. The van der Waals surface area contributed by atoms with E-state index in [0.29, 0.717) is 18.1 Å². The largest absolute Gasteiger partial charge is 0.345 e. The predicted molar refractivity (Wildman–Crippen MR) is 77.3 cm³/mol. The molecule has 1 rings (SSSR count). The highest BCUT2D eigenvalue weighted by Crippen LogP contribution is 2.20. The lowest BCUT2D eigenvalue weighted by molar-refractivity contribution is -0.131. The fraction of sp³-hybridized carbons (Fsp3) is 0.692. The molecule has 19 heavy (non-hydrogen) atoms. The normalized spacial score (nSPS) is 12.5. The van der Waals surface area contributed by atoms with Crippen LogP contribution in [0.15, 0.2) is 0 Å². The van der Waals surface area contributed by atoms with Crippen LogP contribution in [0.4, 0.5) is 0 Å². The number of rotatable bonds is 6. The van der Waals surface area contributed by atoms with E-state index < -0.39 is 0 Å². The molecule has 1 aromatic rings. The number of aromatic nitrogens is 2. The summed E-state index contributed by atoms with van der Waals surface area (Å²) in [7, 11) is 1.80. The van der Waals surface area contributed by atoms with Crippen LogP contribution in [-0.2, 0) is 17.9 Å². The Morgan fingerprint density at radius 3 is 2.68 bits per heavy atom. The van der Waals surface area contributed by atoms with Gasteiger partial charge in [-0.05, 0) is 27.7 Å². The van der Waals surface area contributed by atoms with Crippen LogP contribution in [-0.4, -0.2) is 40.2 Å². The Morgan fingerprint density at radius 2 is 2.16 bits per heavy atom. The highest BCUT2D eigenvalue weighted by atomic mass is 35.5. The summed E-state index contributed by atoms with van der Waals surface area (Å²) in [6, 6.07) is -0.235. The van der Waals surface area contributed by atoms with Gasteiger partial charge in [-0.15, -0.1) is 0 Å². The number of halogens is 1. The maximum absolute atomic E-state index is 11.9. The molecule has 0 aliphatic heterocycles. The Balaban J connectivity index is 2.69. The standard InChI is InChI=1S/C13H23ClN4O/c1-6-17(5)13(19)10(4)15-8-11-12(14)9(3)16-18(11)7-2/h10,15H,6-8H2,1-5H3. The van der Waals surface area contributed by atoms with Gasteiger partial charge in [0.15, 0.2) is 0 Å². The van der Waals surface area contributed by atoms with Gasteiger partial charge in [0.1, 0.15) is 0 Å². The quantitative estimate of drug-likeness (QED) is 0.868. The number of carbonyl (C=O) groups excluding carboxylic acids is 1. The number of nitrogens with one attached hydrogen (secondary N) is 1. The number of amides is 1. The van der Waals surface area contributed by atoms with E-state index in [-0.39, 0.29) is 11.9 Å². The van der Waals surface area contributed by atoms with Gasteiger partial charge in [0.25, 0.3) is 0 Å². The first-order chi connectivity index (χ1) is 8.92. The first kappa shape index (κ1) is 16.0. The van der Waals surface area contributed by atoms with E-state index in [4.69, 9.17) is 11.6 Å². The number of hydrogen-bond acceptors (Lipinski definition) is 3. The van der Waals surface area contributed by atoms with Crippen molar-refractivity contribution < 1.29 is 4.79 Å². The van der Waals surface area contributed by atoms with E-state index >= 15 is 0 Å². The van der Waals surface area contributed by atoms with E-state index in [0.717, 1.165) is 17.9 Å². The van der Waals surface area contributed by atoms with Crippen LogP contribution in [0.1, 0.15) is 32.2 Å². The van der Waals surface area contributed by atoms with Gasteiger partial charge in [0.05, 0.1) is 22.5 Å². The van der Waals surface area contributed by atoms with Gasteiger partial charge in [-0.2, -0.15) is 5.10 Å². The monoisotopic (exact) mass is 286 g/mol. The zero-order valence-electron chi connectivity index (χ0n) is 12.3. The van der Waals surface area contributed by atoms with Crippen molar-refractivity contribution >= 4 is 17.5 Å². The third kappa shape index (κ3) is 3.70. The zero-order valence-corrected chi connectivity index (χ0v) is 13.1. The van der Waals surface area contributed by atoms with E-state index in [1.54, 1.807) is 11.9 Å². The van der Waals surface area contributed by atoms with E-state index in [1.807, 2.05) is 32.4 Å². The molecular weight excluding hydrogens is 264 g/mol. The Bertz CT molecular complexity index is 444. The van der Waals surface area contributed by atoms with Crippen molar-refractivity contribution in [2.24, 2.45) is 0 Å². The van der Waals surface area contributed by atoms with Crippen LogP contribution in [0.3, 0.4) is 0 Å². The van der Waals surface area contributed by atoms with E-state index in [9.17, 15) is 4.79 Å². The van der Waals surface area contributed by atoms with Crippen molar-refractivity contribution in [2.75, 3.05) is 13.6 Å². The van der Waals surface area contributed by atoms with Crippen molar-refractivity contribution in [2.45, 2.75) is 46.8 Å². The molecule has 0 saturated heterocycles. The fourth-order valence-corrected chi connectivity index (χ4v) is 2.06. The lowest BCUT2D eigenvalue weighted by Gasteiger charge is -2.20. The SMILES string of the molecule is CCN(C)C(=O)C(C)NCc1c(Cl)c(C)nn1CC. The van der Waals surface area contributed by atoms with Gasteiger partial charge in [-0.25, -0.2) is 0 Å². The summed E-state index contributed by atoms with van der Waals surface area (Å²) < 4.78 is 1.87. The van der Waals surface area contributed by atoms with Gasteiger partial charge in [0, 0.05) is 26.7 Å². The smallest absolute Gasteiger partial charge is 0.239 e. The molecule has 108 valence electrons. The van der Waals surface area contributed by atoms with Crippen molar-refractivity contribution in [1.82, 2.24) is 20.0 Å². The van der Waals surface area contributed by atoms with Crippen molar-refractivity contribution in [3.05, 3.63) is 16.4 Å². The molecule has 0 bridgehead atoms. The fourth-order valence-electron chi connectivity index (χ4n) is 1.86. The molecule has 6 heteroatoms. The maximum Gasteiger partial charge on any atom is 0.239 e. The molecule has 5 nitrogen and oxygen atoms in total. The van der Waals surface area contributed by atoms with Gasteiger partial charge < -0.3 is 10.2 Å². The van der Waals surface area contributed by atoms with Gasteiger partial charge in [-0.3, -0.25) is 9.48 Å². The first-order valence-electron chi connectivity index (χ1n) is 6.62. The Hall–Kier alpha value is -1.07. The van der Waals surface area contributed by atoms with Gasteiger partial charge in [-0.1, -0.05) is 11.6 Å². The molecular formula is C13H23ClN4O. The number of aryl methyl sites for hydroxylation is 2. The average molecular weight is 287 g/mol. The van der Waals surface area contributed by atoms with E-state index in [2.05, 4.69) is 10.4 Å². The van der Waals surface area contributed by atoms with Crippen LogP contribution < -0.4 is 5.32 Å². The minimum absolute atomic E-state index is 0.0814. The number of hydrogen-bond donors (Lipinski definition) is 1. The minimum Gasteiger partial charge on any atom is -0.345 e. The molecule has 0 fully saturated rings. The molecule has 0 aromatic carbocycles. The molecule has 0 saturated carbocycles. The molecule has 0 spiro atoms. The molecule has 1 atom stereocenters. The molecule has 1 unspecified atom stereocenters. The Morgan fingerprint density at radius 1 is 1.53 bits per heavy atom. The second-order valence-corrected chi connectivity index (χ2v) is 4.99. The van der Waals surface area contributed by atoms with Crippen LogP contribution in [0.5, 0.6) is 0 Å². The topological polar surface area (TPSA) is 50.2 Å². The number of carbonyl (C=O) groups is 1. The van der Waals surface area contributed by atoms with E-state index in [1.165, 1.54) is 0 Å². The van der Waals surface area contributed by atoms with Gasteiger partial charge in [0.2, 0.25) is 5.91 Å². The van der Waals surface area contributed by atoms with Crippen LogP contribution >= 0.6 is 11.6 Å². The zero-order chi connectivity index (χ0) is 14.6. The van der Waals surface area contributed by atoms with Crippen LogP contribution in [0.2, 0.25) is 5.02 Å². The second kappa shape index (κ2) is 6.91. The minimum atomic E-state index is -0.235. The summed E-state index contributed by atoms with van der Waals surface area (Å²) in [6.45, 7) is 9.74. The number of likely N-dealkylation sites (N-methyl/N-ethyl adjacent to an activating group) is 1. The van der Waals surface area contributed by atoms with Crippen LogP contribution in [0, 0.1) is 6.92 Å². The highest BCUT2D eigenvalue weighted by molar-refractivity contribution is 6.31. The molecule has 0 aliphatic carbocycles. The summed E-state index contributed by atoms with van der Waals surface area (Å²) in [4.78, 5) is 13.6. The molecule has 0 radical (unpaired) electrons.